The van der Waals surface area contributed by atoms with Crippen molar-refractivity contribution in [2.24, 2.45) is 11.8 Å². The Morgan fingerprint density at radius 3 is 2.48 bits per heavy atom. The van der Waals surface area contributed by atoms with Crippen molar-refractivity contribution in [3.8, 4) is 0 Å². The Kier molecular flexibility index (Phi) is 10.3. The zero-order valence-corrected chi connectivity index (χ0v) is 16.3. The number of Topliss-reactive ketones (excluding diaryl/α,β-unsaturated/α-hetero) is 1. The second kappa shape index (κ2) is 11.7. The number of aliphatic carboxylic acids is 1. The van der Waals surface area contributed by atoms with Gasteiger partial charge in [0.05, 0.1) is 5.60 Å². The number of ketones is 1. The van der Waals surface area contributed by atoms with Gasteiger partial charge in [0.15, 0.2) is 0 Å². The minimum absolute atomic E-state index is 0.172. The Labute approximate surface area is 153 Å². The van der Waals surface area contributed by atoms with Gasteiger partial charge in [-0.15, -0.1) is 0 Å². The summed E-state index contributed by atoms with van der Waals surface area (Å²) in [6.45, 7) is 4.11. The predicted molar refractivity (Wildman–Crippen MR) is 101 cm³/mol. The van der Waals surface area contributed by atoms with Crippen LogP contribution in [0.4, 0.5) is 0 Å². The molecule has 1 saturated carbocycles. The van der Waals surface area contributed by atoms with Gasteiger partial charge in [0.25, 0.3) is 0 Å². The van der Waals surface area contributed by atoms with E-state index < -0.39 is 11.6 Å². The van der Waals surface area contributed by atoms with Crippen LogP contribution in [0.2, 0.25) is 0 Å². The van der Waals surface area contributed by atoms with E-state index in [1.165, 1.54) is 12.8 Å². The molecule has 0 bridgehead atoms. The lowest BCUT2D eigenvalue weighted by atomic mass is 9.83. The van der Waals surface area contributed by atoms with E-state index in [0.717, 1.165) is 64.2 Å². The molecule has 4 nitrogen and oxygen atoms in total. The van der Waals surface area contributed by atoms with Crippen molar-refractivity contribution < 1.29 is 19.8 Å². The average molecular weight is 355 g/mol. The molecule has 1 aliphatic carbocycles. The molecule has 0 aromatic heterocycles. The van der Waals surface area contributed by atoms with E-state index in [2.05, 4.69) is 6.92 Å². The summed E-state index contributed by atoms with van der Waals surface area (Å²) in [6.07, 6.45) is 12.6. The largest absolute Gasteiger partial charge is 0.481 e. The van der Waals surface area contributed by atoms with Crippen LogP contribution in [0, 0.1) is 11.8 Å². The van der Waals surface area contributed by atoms with Gasteiger partial charge >= 0.3 is 5.97 Å². The highest BCUT2D eigenvalue weighted by molar-refractivity contribution is 5.83. The van der Waals surface area contributed by atoms with E-state index >= 15 is 0 Å². The average Bonchev–Trinajstić information content (AvgIpc) is 2.89. The molecule has 3 atom stereocenters. The Morgan fingerprint density at radius 1 is 1.08 bits per heavy atom. The molecule has 4 heteroatoms. The van der Waals surface area contributed by atoms with Crippen LogP contribution >= 0.6 is 0 Å². The van der Waals surface area contributed by atoms with E-state index in [-0.39, 0.29) is 12.3 Å². The number of hydrogen-bond donors (Lipinski definition) is 2. The van der Waals surface area contributed by atoms with Crippen molar-refractivity contribution in [2.45, 2.75) is 109 Å². The first kappa shape index (κ1) is 22.1. The maximum atomic E-state index is 12.2. The van der Waals surface area contributed by atoms with Crippen LogP contribution < -0.4 is 0 Å². The summed E-state index contributed by atoms with van der Waals surface area (Å²) in [4.78, 5) is 22.7. The molecule has 2 N–H and O–H groups in total. The van der Waals surface area contributed by atoms with Crippen molar-refractivity contribution >= 4 is 11.8 Å². The fourth-order valence-electron chi connectivity index (χ4n) is 4.09. The highest BCUT2D eigenvalue weighted by Crippen LogP contribution is 2.37. The van der Waals surface area contributed by atoms with Crippen molar-refractivity contribution in [1.82, 2.24) is 0 Å². The molecule has 1 unspecified atom stereocenters. The van der Waals surface area contributed by atoms with Crippen molar-refractivity contribution in [3.63, 3.8) is 0 Å². The van der Waals surface area contributed by atoms with E-state index in [9.17, 15) is 14.7 Å². The first-order valence-electron chi connectivity index (χ1n) is 10.3. The second-order valence-corrected chi connectivity index (χ2v) is 8.21. The minimum atomic E-state index is -0.725. The van der Waals surface area contributed by atoms with Gasteiger partial charge in [-0.1, -0.05) is 45.4 Å². The topological polar surface area (TPSA) is 74.6 Å². The minimum Gasteiger partial charge on any atom is -0.481 e. The number of carboxylic acids is 1. The maximum Gasteiger partial charge on any atom is 0.303 e. The number of carbonyl (C=O) groups is 2. The molecule has 0 amide bonds. The van der Waals surface area contributed by atoms with Crippen molar-refractivity contribution in [1.29, 1.82) is 0 Å². The van der Waals surface area contributed by atoms with Crippen LogP contribution in [0.15, 0.2) is 0 Å². The highest BCUT2D eigenvalue weighted by atomic mass is 16.4. The smallest absolute Gasteiger partial charge is 0.303 e. The molecule has 1 aliphatic rings. The highest BCUT2D eigenvalue weighted by Gasteiger charge is 2.35. The Balaban J connectivity index is 2.28. The van der Waals surface area contributed by atoms with Crippen LogP contribution in [0.25, 0.3) is 0 Å². The van der Waals surface area contributed by atoms with Gasteiger partial charge in [-0.2, -0.15) is 0 Å². The zero-order chi connectivity index (χ0) is 18.7. The van der Waals surface area contributed by atoms with Crippen LogP contribution in [0.5, 0.6) is 0 Å². The number of rotatable bonds is 14. The standard InChI is InChI=1S/C21H38O4/c1-3-4-9-15-21(2,25)16-14-17-12-13-19(22)18(17)10-7-5-6-8-11-20(23)24/h17-18,25H,3-16H2,1-2H3,(H,23,24)/t17-,18-,21?/m1/s1. The van der Waals surface area contributed by atoms with E-state index in [4.69, 9.17) is 5.11 Å². The summed E-state index contributed by atoms with van der Waals surface area (Å²) in [5.74, 6) is 0.285. The second-order valence-electron chi connectivity index (χ2n) is 8.21. The number of hydrogen-bond acceptors (Lipinski definition) is 3. The third-order valence-corrected chi connectivity index (χ3v) is 5.77. The summed E-state index contributed by atoms with van der Waals surface area (Å²) in [5.41, 5.74) is -0.595. The van der Waals surface area contributed by atoms with Crippen LogP contribution in [-0.2, 0) is 9.59 Å². The van der Waals surface area contributed by atoms with Crippen molar-refractivity contribution in [2.75, 3.05) is 0 Å². The molecule has 0 spiro atoms. The van der Waals surface area contributed by atoms with Gasteiger partial charge in [0.1, 0.15) is 5.78 Å². The third-order valence-electron chi connectivity index (χ3n) is 5.77. The summed E-state index contributed by atoms with van der Waals surface area (Å²) in [5, 5.41) is 19.2. The molecular formula is C21H38O4. The van der Waals surface area contributed by atoms with Crippen LogP contribution in [-0.4, -0.2) is 27.6 Å². The lowest BCUT2D eigenvalue weighted by Crippen LogP contribution is -2.26. The summed E-state index contributed by atoms with van der Waals surface area (Å²) in [6, 6.07) is 0. The molecule has 0 radical (unpaired) electrons. The SMILES string of the molecule is CCCCCC(C)(O)CC[C@H]1CCC(=O)[C@@H]1CCCCCCC(=O)O. The Bertz CT molecular complexity index is 403. The fourth-order valence-corrected chi connectivity index (χ4v) is 4.09. The first-order chi connectivity index (χ1) is 11.9. The van der Waals surface area contributed by atoms with Crippen LogP contribution in [0.1, 0.15) is 104 Å². The van der Waals surface area contributed by atoms with Gasteiger partial charge in [0.2, 0.25) is 0 Å². The molecule has 0 aliphatic heterocycles. The van der Waals surface area contributed by atoms with Gasteiger partial charge in [-0.25, -0.2) is 0 Å². The Hall–Kier alpha value is -0.900. The lowest BCUT2D eigenvalue weighted by molar-refractivity contribution is -0.137. The van der Waals surface area contributed by atoms with E-state index in [1.54, 1.807) is 0 Å². The molecule has 25 heavy (non-hydrogen) atoms. The molecule has 0 heterocycles. The molecule has 0 aromatic rings. The van der Waals surface area contributed by atoms with Gasteiger partial charge < -0.3 is 10.2 Å². The quantitative estimate of drug-likeness (QED) is 0.425. The molecule has 1 rings (SSSR count). The van der Waals surface area contributed by atoms with Gasteiger partial charge in [0, 0.05) is 18.8 Å². The van der Waals surface area contributed by atoms with Crippen molar-refractivity contribution in [3.05, 3.63) is 0 Å². The molecule has 0 saturated heterocycles. The number of aliphatic hydroxyl groups is 1. The number of carbonyl (C=O) groups excluding carboxylic acids is 1. The predicted octanol–water partition coefficient (Wildman–Crippen LogP) is 5.12. The monoisotopic (exact) mass is 354 g/mol. The number of unbranched alkanes of at least 4 members (excludes halogenated alkanes) is 5. The van der Waals surface area contributed by atoms with Crippen LogP contribution in [0.3, 0.4) is 0 Å². The van der Waals surface area contributed by atoms with E-state index in [0.29, 0.717) is 18.1 Å². The first-order valence-corrected chi connectivity index (χ1v) is 10.3. The number of carboxylic acid groups (broad SMARTS) is 1. The summed E-state index contributed by atoms with van der Waals surface area (Å²) >= 11 is 0. The van der Waals surface area contributed by atoms with E-state index in [1.807, 2.05) is 6.92 Å². The molecule has 0 aromatic carbocycles. The molecule has 146 valence electrons. The Morgan fingerprint density at radius 2 is 1.80 bits per heavy atom. The third kappa shape index (κ3) is 9.39. The molecular weight excluding hydrogens is 316 g/mol. The zero-order valence-electron chi connectivity index (χ0n) is 16.3. The summed E-state index contributed by atoms with van der Waals surface area (Å²) in [7, 11) is 0. The fraction of sp³-hybridized carbons (Fsp3) is 0.905. The normalized spacial score (nSPS) is 22.9. The molecule has 1 fully saturated rings. The van der Waals surface area contributed by atoms with Gasteiger partial charge in [-0.05, 0) is 51.4 Å². The van der Waals surface area contributed by atoms with Gasteiger partial charge in [-0.3, -0.25) is 9.59 Å². The maximum absolute atomic E-state index is 12.2. The lowest BCUT2D eigenvalue weighted by Gasteiger charge is -2.26. The summed E-state index contributed by atoms with van der Waals surface area (Å²) < 4.78 is 0.